The molecule has 1 amide bonds. The van der Waals surface area contributed by atoms with Crippen LogP contribution >= 0.6 is 0 Å². The van der Waals surface area contributed by atoms with Gasteiger partial charge in [-0.15, -0.1) is 0 Å². The van der Waals surface area contributed by atoms with E-state index in [-0.39, 0.29) is 11.7 Å². The van der Waals surface area contributed by atoms with E-state index in [0.717, 1.165) is 55.8 Å². The number of carbonyl (C=O) groups is 2. The lowest BCUT2D eigenvalue weighted by atomic mass is 10.1. The Morgan fingerprint density at radius 3 is 2.43 bits per heavy atom. The van der Waals surface area contributed by atoms with Crippen molar-refractivity contribution < 1.29 is 9.59 Å². The molecule has 146 valence electrons. The molecule has 5 nitrogen and oxygen atoms in total. The van der Waals surface area contributed by atoms with Crippen LogP contribution in [0.25, 0.3) is 0 Å². The third-order valence-corrected chi connectivity index (χ3v) is 5.76. The van der Waals surface area contributed by atoms with Gasteiger partial charge in [-0.1, -0.05) is 30.3 Å². The van der Waals surface area contributed by atoms with Crippen molar-refractivity contribution in [3.05, 3.63) is 70.3 Å². The summed E-state index contributed by atoms with van der Waals surface area (Å²) in [5, 5.41) is 2.98. The molecule has 1 N–H and O–H groups in total. The number of nitrogens with one attached hydrogen (secondary N) is 1. The summed E-state index contributed by atoms with van der Waals surface area (Å²) < 4.78 is 0. The maximum absolute atomic E-state index is 12.5. The van der Waals surface area contributed by atoms with Crippen LogP contribution in [0.1, 0.15) is 43.8 Å². The van der Waals surface area contributed by atoms with E-state index in [2.05, 4.69) is 22.2 Å². The van der Waals surface area contributed by atoms with Crippen LogP contribution in [0.3, 0.4) is 0 Å². The number of aryl methyl sites for hydroxylation is 1. The Bertz CT molecular complexity index is 868. The van der Waals surface area contributed by atoms with E-state index in [1.54, 1.807) is 0 Å². The van der Waals surface area contributed by atoms with E-state index in [1.807, 2.05) is 42.5 Å². The predicted octanol–water partition coefficient (Wildman–Crippen LogP) is 2.49. The fourth-order valence-electron chi connectivity index (χ4n) is 3.93. The highest BCUT2D eigenvalue weighted by Crippen LogP contribution is 2.23. The lowest BCUT2D eigenvalue weighted by molar-refractivity contribution is 0.0949. The van der Waals surface area contributed by atoms with Crippen LogP contribution in [0.2, 0.25) is 0 Å². The fraction of sp³-hybridized carbons (Fsp3) is 0.391. The van der Waals surface area contributed by atoms with Crippen LogP contribution in [-0.4, -0.2) is 54.7 Å². The first kappa shape index (κ1) is 18.8. The number of hydrogen-bond acceptors (Lipinski definition) is 4. The molecule has 1 heterocycles. The third kappa shape index (κ3) is 4.32. The van der Waals surface area contributed by atoms with Gasteiger partial charge in [-0.25, -0.2) is 0 Å². The van der Waals surface area contributed by atoms with Gasteiger partial charge < -0.3 is 10.2 Å². The molecule has 2 aromatic rings. The SMILES string of the molecule is CN1CCN(Cc2ccc(C(=O)NCc3ccc4c(c3)CCC4=O)cc2)CC1. The minimum Gasteiger partial charge on any atom is -0.348 e. The number of nitrogens with zero attached hydrogens (tertiary/aromatic N) is 2. The number of likely N-dealkylation sites (N-methyl/N-ethyl adjacent to an activating group) is 1. The van der Waals surface area contributed by atoms with Gasteiger partial charge in [0.05, 0.1) is 0 Å². The number of ketones is 1. The number of fused-ring (bicyclic) bond motifs is 1. The van der Waals surface area contributed by atoms with E-state index < -0.39 is 0 Å². The second kappa shape index (κ2) is 8.25. The summed E-state index contributed by atoms with van der Waals surface area (Å²) in [6.07, 6.45) is 1.41. The molecule has 4 rings (SSSR count). The quantitative estimate of drug-likeness (QED) is 0.870. The lowest BCUT2D eigenvalue weighted by Gasteiger charge is -2.32. The van der Waals surface area contributed by atoms with E-state index in [4.69, 9.17) is 0 Å². The minimum atomic E-state index is -0.0669. The van der Waals surface area contributed by atoms with Crippen molar-refractivity contribution >= 4 is 11.7 Å². The summed E-state index contributed by atoms with van der Waals surface area (Å²) >= 11 is 0. The molecular formula is C23H27N3O2. The number of benzene rings is 2. The van der Waals surface area contributed by atoms with Gasteiger partial charge >= 0.3 is 0 Å². The first-order chi connectivity index (χ1) is 13.6. The topological polar surface area (TPSA) is 52.6 Å². The third-order valence-electron chi connectivity index (χ3n) is 5.76. The van der Waals surface area contributed by atoms with Gasteiger partial charge in [0, 0.05) is 56.8 Å². The minimum absolute atomic E-state index is 0.0669. The van der Waals surface area contributed by atoms with Gasteiger partial charge in [-0.3, -0.25) is 14.5 Å². The second-order valence-electron chi connectivity index (χ2n) is 7.87. The van der Waals surface area contributed by atoms with Crippen LogP contribution in [0.4, 0.5) is 0 Å². The van der Waals surface area contributed by atoms with Gasteiger partial charge in [-0.2, -0.15) is 0 Å². The predicted molar refractivity (Wildman–Crippen MR) is 109 cm³/mol. The van der Waals surface area contributed by atoms with Crippen LogP contribution in [-0.2, 0) is 19.5 Å². The van der Waals surface area contributed by atoms with E-state index in [9.17, 15) is 9.59 Å². The van der Waals surface area contributed by atoms with Crippen LogP contribution in [0, 0.1) is 0 Å². The number of hydrogen-bond donors (Lipinski definition) is 1. The Morgan fingerprint density at radius 2 is 1.68 bits per heavy atom. The standard InChI is InChI=1S/C23H27N3O2/c1-25-10-12-26(13-11-25)16-17-2-5-19(6-3-17)23(28)24-15-18-4-8-21-20(14-18)7-9-22(21)27/h2-6,8,14H,7,9-13,15-16H2,1H3,(H,24,28). The highest BCUT2D eigenvalue weighted by molar-refractivity contribution is 6.00. The first-order valence-electron chi connectivity index (χ1n) is 10.0. The molecule has 0 radical (unpaired) electrons. The van der Waals surface area contributed by atoms with E-state index in [1.165, 1.54) is 5.56 Å². The smallest absolute Gasteiger partial charge is 0.251 e. The van der Waals surface area contributed by atoms with Crippen molar-refractivity contribution in [2.24, 2.45) is 0 Å². The molecule has 5 heteroatoms. The molecule has 0 unspecified atom stereocenters. The average Bonchev–Trinajstić information content (AvgIpc) is 3.09. The normalized spacial score (nSPS) is 17.5. The summed E-state index contributed by atoms with van der Waals surface area (Å²) in [5.41, 5.74) is 4.90. The molecule has 1 aliphatic carbocycles. The molecule has 2 aromatic carbocycles. The van der Waals surface area contributed by atoms with Gasteiger partial charge in [0.1, 0.15) is 0 Å². The number of amides is 1. The zero-order valence-electron chi connectivity index (χ0n) is 16.4. The Labute approximate surface area is 166 Å². The molecule has 0 bridgehead atoms. The molecule has 2 aliphatic rings. The Morgan fingerprint density at radius 1 is 0.964 bits per heavy atom. The van der Waals surface area contributed by atoms with Crippen molar-refractivity contribution in [3.63, 3.8) is 0 Å². The number of piperazine rings is 1. The number of carbonyl (C=O) groups excluding carboxylic acids is 2. The summed E-state index contributed by atoms with van der Waals surface area (Å²) in [6, 6.07) is 13.8. The molecule has 0 atom stereocenters. The zero-order chi connectivity index (χ0) is 19.5. The molecule has 28 heavy (non-hydrogen) atoms. The van der Waals surface area contributed by atoms with Crippen LogP contribution in [0.15, 0.2) is 42.5 Å². The fourth-order valence-corrected chi connectivity index (χ4v) is 3.93. The Hall–Kier alpha value is -2.50. The average molecular weight is 377 g/mol. The van der Waals surface area contributed by atoms with Crippen molar-refractivity contribution in [3.8, 4) is 0 Å². The molecule has 1 aliphatic heterocycles. The highest BCUT2D eigenvalue weighted by atomic mass is 16.1. The second-order valence-corrected chi connectivity index (χ2v) is 7.87. The lowest BCUT2D eigenvalue weighted by Crippen LogP contribution is -2.43. The van der Waals surface area contributed by atoms with Crippen molar-refractivity contribution in [1.82, 2.24) is 15.1 Å². The maximum Gasteiger partial charge on any atom is 0.251 e. The summed E-state index contributed by atoms with van der Waals surface area (Å²) in [7, 11) is 2.16. The highest BCUT2D eigenvalue weighted by Gasteiger charge is 2.19. The zero-order valence-corrected chi connectivity index (χ0v) is 16.4. The monoisotopic (exact) mass is 377 g/mol. The van der Waals surface area contributed by atoms with Gasteiger partial charge in [-0.05, 0) is 42.3 Å². The van der Waals surface area contributed by atoms with Crippen LogP contribution < -0.4 is 5.32 Å². The van der Waals surface area contributed by atoms with Crippen LogP contribution in [0.5, 0.6) is 0 Å². The molecule has 0 aromatic heterocycles. The number of rotatable bonds is 5. The Balaban J connectivity index is 1.31. The maximum atomic E-state index is 12.5. The molecule has 0 saturated carbocycles. The molecule has 1 saturated heterocycles. The summed E-state index contributed by atoms with van der Waals surface area (Å²) in [4.78, 5) is 29.0. The van der Waals surface area contributed by atoms with Crippen molar-refractivity contribution in [2.45, 2.75) is 25.9 Å². The van der Waals surface area contributed by atoms with Crippen molar-refractivity contribution in [2.75, 3.05) is 33.2 Å². The summed E-state index contributed by atoms with van der Waals surface area (Å²) in [5.74, 6) is 0.157. The van der Waals surface area contributed by atoms with Crippen molar-refractivity contribution in [1.29, 1.82) is 0 Å². The summed E-state index contributed by atoms with van der Waals surface area (Å²) in [6.45, 7) is 5.80. The largest absolute Gasteiger partial charge is 0.348 e. The first-order valence-corrected chi connectivity index (χ1v) is 10.0. The molecule has 0 spiro atoms. The molecule has 1 fully saturated rings. The van der Waals surface area contributed by atoms with Gasteiger partial charge in [0.25, 0.3) is 5.91 Å². The van der Waals surface area contributed by atoms with Gasteiger partial charge in [0.2, 0.25) is 0 Å². The van der Waals surface area contributed by atoms with E-state index in [0.29, 0.717) is 18.5 Å². The van der Waals surface area contributed by atoms with Gasteiger partial charge in [0.15, 0.2) is 5.78 Å². The Kier molecular flexibility index (Phi) is 5.55. The number of Topliss-reactive ketones (excluding diaryl/α,β-unsaturated/α-hetero) is 1. The molecular weight excluding hydrogens is 350 g/mol. The van der Waals surface area contributed by atoms with E-state index >= 15 is 0 Å².